The Morgan fingerprint density at radius 1 is 1.45 bits per heavy atom. The van der Waals surface area contributed by atoms with Crippen molar-refractivity contribution in [2.45, 2.75) is 33.2 Å². The van der Waals surface area contributed by atoms with Gasteiger partial charge in [0.05, 0.1) is 12.7 Å². The Morgan fingerprint density at radius 3 is 2.80 bits per heavy atom. The first-order chi connectivity index (χ1) is 9.60. The number of carbonyl (C=O) groups is 1. The molecule has 2 aromatic rings. The summed E-state index contributed by atoms with van der Waals surface area (Å²) in [7, 11) is 1.63. The average molecular weight is 272 g/mol. The minimum Gasteiger partial charge on any atom is -0.496 e. The van der Waals surface area contributed by atoms with Crippen LogP contribution in [0.15, 0.2) is 24.4 Å². The summed E-state index contributed by atoms with van der Waals surface area (Å²) in [6, 6.07) is 6.14. The molecule has 106 valence electrons. The van der Waals surface area contributed by atoms with Crippen LogP contribution in [0.2, 0.25) is 0 Å². The molecule has 1 aromatic carbocycles. The van der Waals surface area contributed by atoms with E-state index in [1.54, 1.807) is 13.3 Å². The van der Waals surface area contributed by atoms with Crippen molar-refractivity contribution in [3.05, 3.63) is 35.5 Å². The second-order valence-electron chi connectivity index (χ2n) is 4.99. The second-order valence-corrected chi connectivity index (χ2v) is 4.99. The summed E-state index contributed by atoms with van der Waals surface area (Å²) in [6.07, 6.45) is 3.62. The lowest BCUT2D eigenvalue weighted by Gasteiger charge is -2.09. The zero-order valence-corrected chi connectivity index (χ0v) is 12.4. The van der Waals surface area contributed by atoms with E-state index in [2.05, 4.69) is 18.9 Å². The van der Waals surface area contributed by atoms with Gasteiger partial charge < -0.3 is 4.74 Å². The van der Waals surface area contributed by atoms with Crippen molar-refractivity contribution in [2.24, 2.45) is 0 Å². The topological polar surface area (TPSA) is 44.1 Å². The molecule has 1 aromatic heterocycles. The number of aromatic nitrogens is 2. The number of hydrogen-bond acceptors (Lipinski definition) is 3. The van der Waals surface area contributed by atoms with E-state index in [4.69, 9.17) is 4.74 Å². The first-order valence-electron chi connectivity index (χ1n) is 6.80. The Hall–Kier alpha value is -2.10. The zero-order chi connectivity index (χ0) is 14.7. The highest BCUT2D eigenvalue weighted by molar-refractivity contribution is 5.87. The summed E-state index contributed by atoms with van der Waals surface area (Å²) in [5, 5.41) is 4.58. The molecule has 0 saturated carbocycles. The number of nitrogens with zero attached hydrogens (tertiary/aromatic N) is 2. The van der Waals surface area contributed by atoms with Gasteiger partial charge >= 0.3 is 0 Å². The molecule has 4 heteroatoms. The summed E-state index contributed by atoms with van der Waals surface area (Å²) in [5.74, 6) is 0.730. The van der Waals surface area contributed by atoms with Gasteiger partial charge in [-0.2, -0.15) is 5.10 Å². The monoisotopic (exact) mass is 272 g/mol. The Labute approximate surface area is 119 Å². The van der Waals surface area contributed by atoms with Crippen LogP contribution >= 0.6 is 0 Å². The molecule has 1 atom stereocenters. The first-order valence-corrected chi connectivity index (χ1v) is 6.80. The normalized spacial score (nSPS) is 12.2. The summed E-state index contributed by atoms with van der Waals surface area (Å²) >= 11 is 0. The van der Waals surface area contributed by atoms with Crippen LogP contribution in [-0.4, -0.2) is 23.2 Å². The average Bonchev–Trinajstić information content (AvgIpc) is 2.90. The van der Waals surface area contributed by atoms with Crippen molar-refractivity contribution >= 4 is 6.29 Å². The Balaban J connectivity index is 2.59. The molecule has 20 heavy (non-hydrogen) atoms. The van der Waals surface area contributed by atoms with E-state index in [0.29, 0.717) is 11.3 Å². The molecule has 0 aliphatic carbocycles. The molecule has 0 amide bonds. The molecular weight excluding hydrogens is 252 g/mol. The molecule has 1 unspecified atom stereocenters. The second kappa shape index (κ2) is 5.90. The smallest absolute Gasteiger partial charge is 0.153 e. The molecule has 0 saturated heterocycles. The van der Waals surface area contributed by atoms with Crippen LogP contribution in [0.25, 0.3) is 11.3 Å². The van der Waals surface area contributed by atoms with Crippen molar-refractivity contribution in [3.63, 3.8) is 0 Å². The van der Waals surface area contributed by atoms with E-state index in [-0.39, 0.29) is 6.04 Å². The van der Waals surface area contributed by atoms with Crippen LogP contribution in [0.3, 0.4) is 0 Å². The Bertz CT molecular complexity index is 617. The predicted molar refractivity (Wildman–Crippen MR) is 79.3 cm³/mol. The maximum absolute atomic E-state index is 11.3. The fraction of sp³-hybridized carbons (Fsp3) is 0.375. The minimum absolute atomic E-state index is 0.262. The van der Waals surface area contributed by atoms with E-state index >= 15 is 0 Å². The number of ether oxygens (including phenoxy) is 1. The van der Waals surface area contributed by atoms with Gasteiger partial charge in [-0.3, -0.25) is 9.48 Å². The number of carbonyl (C=O) groups excluding carboxylic acids is 1. The van der Waals surface area contributed by atoms with Crippen molar-refractivity contribution < 1.29 is 9.53 Å². The van der Waals surface area contributed by atoms with E-state index in [0.717, 1.165) is 29.6 Å². The molecule has 0 radical (unpaired) electrons. The van der Waals surface area contributed by atoms with Crippen LogP contribution in [0.5, 0.6) is 5.75 Å². The number of methoxy groups -OCH3 is 1. The van der Waals surface area contributed by atoms with Gasteiger partial charge in [0.1, 0.15) is 11.4 Å². The minimum atomic E-state index is 0.262. The fourth-order valence-corrected chi connectivity index (χ4v) is 2.12. The quantitative estimate of drug-likeness (QED) is 0.780. The molecular formula is C16H20N2O2. The fourth-order valence-electron chi connectivity index (χ4n) is 2.12. The highest BCUT2D eigenvalue weighted by Crippen LogP contribution is 2.32. The van der Waals surface area contributed by atoms with Gasteiger partial charge in [-0.05, 0) is 32.4 Å². The van der Waals surface area contributed by atoms with Gasteiger partial charge in [-0.1, -0.05) is 18.6 Å². The number of rotatable bonds is 5. The largest absolute Gasteiger partial charge is 0.496 e. The van der Waals surface area contributed by atoms with Crippen molar-refractivity contribution in [1.29, 1.82) is 0 Å². The standard InChI is InChI=1S/C16H20N2O2/c1-5-12(3)18-9-13(10-19)16(17-18)14-8-11(2)6-7-15(14)20-4/h6-10,12H,5H2,1-4H3. The van der Waals surface area contributed by atoms with Gasteiger partial charge in [0.15, 0.2) is 6.29 Å². The van der Waals surface area contributed by atoms with Crippen molar-refractivity contribution in [3.8, 4) is 17.0 Å². The van der Waals surface area contributed by atoms with Crippen molar-refractivity contribution in [1.82, 2.24) is 9.78 Å². The van der Waals surface area contributed by atoms with E-state index in [9.17, 15) is 4.79 Å². The molecule has 0 fully saturated rings. The lowest BCUT2D eigenvalue weighted by atomic mass is 10.1. The summed E-state index contributed by atoms with van der Waals surface area (Å²) < 4.78 is 7.23. The lowest BCUT2D eigenvalue weighted by molar-refractivity contribution is 0.112. The molecule has 2 rings (SSSR count). The van der Waals surface area contributed by atoms with E-state index < -0.39 is 0 Å². The molecule has 0 aliphatic heterocycles. The lowest BCUT2D eigenvalue weighted by Crippen LogP contribution is -2.04. The Morgan fingerprint density at radius 2 is 2.20 bits per heavy atom. The van der Waals surface area contributed by atoms with Crippen LogP contribution in [0.1, 0.15) is 42.2 Å². The van der Waals surface area contributed by atoms with Gasteiger partial charge in [0.25, 0.3) is 0 Å². The van der Waals surface area contributed by atoms with Gasteiger partial charge in [0, 0.05) is 17.8 Å². The van der Waals surface area contributed by atoms with Gasteiger partial charge in [0.2, 0.25) is 0 Å². The first kappa shape index (κ1) is 14.3. The predicted octanol–water partition coefficient (Wildman–Crippen LogP) is 3.65. The van der Waals surface area contributed by atoms with Gasteiger partial charge in [-0.25, -0.2) is 0 Å². The SMILES string of the molecule is CCC(C)n1cc(C=O)c(-c2cc(C)ccc2OC)n1. The number of benzene rings is 1. The molecule has 1 heterocycles. The molecule has 4 nitrogen and oxygen atoms in total. The summed E-state index contributed by atoms with van der Waals surface area (Å²) in [4.78, 5) is 11.3. The molecule has 0 N–H and O–H groups in total. The molecule has 0 aliphatic rings. The van der Waals surface area contributed by atoms with Crippen LogP contribution < -0.4 is 4.74 Å². The van der Waals surface area contributed by atoms with Crippen LogP contribution in [0, 0.1) is 6.92 Å². The maximum atomic E-state index is 11.3. The number of aryl methyl sites for hydroxylation is 1. The van der Waals surface area contributed by atoms with Crippen molar-refractivity contribution in [2.75, 3.05) is 7.11 Å². The number of aldehydes is 1. The van der Waals surface area contributed by atoms with Crippen LogP contribution in [0.4, 0.5) is 0 Å². The van der Waals surface area contributed by atoms with E-state index in [1.807, 2.05) is 29.8 Å². The van der Waals surface area contributed by atoms with Crippen LogP contribution in [-0.2, 0) is 0 Å². The summed E-state index contributed by atoms with van der Waals surface area (Å²) in [5.41, 5.74) is 3.24. The van der Waals surface area contributed by atoms with E-state index in [1.165, 1.54) is 0 Å². The third-order valence-corrected chi connectivity index (χ3v) is 3.54. The third-order valence-electron chi connectivity index (χ3n) is 3.54. The zero-order valence-electron chi connectivity index (χ0n) is 12.4. The number of hydrogen-bond donors (Lipinski definition) is 0. The highest BCUT2D eigenvalue weighted by Gasteiger charge is 2.16. The maximum Gasteiger partial charge on any atom is 0.153 e. The third kappa shape index (κ3) is 2.59. The highest BCUT2D eigenvalue weighted by atomic mass is 16.5. The Kier molecular flexibility index (Phi) is 4.23. The molecule has 0 bridgehead atoms. The molecule has 0 spiro atoms. The summed E-state index contributed by atoms with van der Waals surface area (Å²) in [6.45, 7) is 6.19. The van der Waals surface area contributed by atoms with Gasteiger partial charge in [-0.15, -0.1) is 0 Å².